The van der Waals surface area contributed by atoms with Crippen LogP contribution in [0, 0.1) is 6.92 Å². The molecule has 4 aromatic rings. The Hall–Kier alpha value is -4.47. The van der Waals surface area contributed by atoms with Crippen LogP contribution in [0.15, 0.2) is 48.9 Å². The summed E-state index contributed by atoms with van der Waals surface area (Å²) < 4.78 is 29.5. The SMILES string of the molecule is CCC(=O)c1ccc(C2=Cc3c(ncnc3N3CCC(C)(c4nc(-c5ccc(OC(F)F)cc5)c(C)[nH]4)CC3)C2)cn1. The monoisotopic (exact) mass is 570 g/mol. The predicted octanol–water partition coefficient (Wildman–Crippen LogP) is 6.42. The van der Waals surface area contributed by atoms with Gasteiger partial charge in [-0.05, 0) is 67.3 Å². The van der Waals surface area contributed by atoms with Crippen LogP contribution in [-0.4, -0.2) is 50.4 Å². The maximum atomic E-state index is 12.5. The van der Waals surface area contributed by atoms with Gasteiger partial charge >= 0.3 is 6.61 Å². The van der Waals surface area contributed by atoms with Crippen LogP contribution in [-0.2, 0) is 11.8 Å². The van der Waals surface area contributed by atoms with Gasteiger partial charge in [-0.1, -0.05) is 19.9 Å². The topological polar surface area (TPSA) is 96.9 Å². The van der Waals surface area contributed by atoms with E-state index in [1.54, 1.807) is 30.7 Å². The molecular formula is C32H32F2N6O2. The summed E-state index contributed by atoms with van der Waals surface area (Å²) in [5.41, 5.74) is 7.06. The van der Waals surface area contributed by atoms with Gasteiger partial charge < -0.3 is 14.6 Å². The van der Waals surface area contributed by atoms with E-state index in [4.69, 9.17) is 4.98 Å². The molecule has 216 valence electrons. The highest BCUT2D eigenvalue weighted by molar-refractivity contribution is 5.95. The molecule has 42 heavy (non-hydrogen) atoms. The number of aromatic amines is 1. The van der Waals surface area contributed by atoms with Gasteiger partial charge in [0.1, 0.15) is 29.4 Å². The van der Waals surface area contributed by atoms with Crippen LogP contribution in [0.4, 0.5) is 14.6 Å². The maximum absolute atomic E-state index is 12.5. The van der Waals surface area contributed by atoms with Gasteiger partial charge in [-0.15, -0.1) is 0 Å². The predicted molar refractivity (Wildman–Crippen MR) is 157 cm³/mol. The van der Waals surface area contributed by atoms with Gasteiger partial charge in [-0.25, -0.2) is 15.0 Å². The van der Waals surface area contributed by atoms with E-state index in [9.17, 15) is 13.6 Å². The highest BCUT2D eigenvalue weighted by atomic mass is 19.3. The second-order valence-electron chi connectivity index (χ2n) is 11.1. The Labute approximate surface area is 242 Å². The number of carbonyl (C=O) groups excluding carboxylic acids is 1. The number of ether oxygens (including phenoxy) is 1. The zero-order chi connectivity index (χ0) is 29.4. The normalized spacial score (nSPS) is 16.0. The fourth-order valence-electron chi connectivity index (χ4n) is 5.75. The van der Waals surface area contributed by atoms with Crippen LogP contribution < -0.4 is 9.64 Å². The average molecular weight is 571 g/mol. The van der Waals surface area contributed by atoms with Gasteiger partial charge in [0.25, 0.3) is 0 Å². The quantitative estimate of drug-likeness (QED) is 0.244. The van der Waals surface area contributed by atoms with E-state index in [2.05, 4.69) is 42.6 Å². The molecule has 2 aliphatic rings. The van der Waals surface area contributed by atoms with Crippen molar-refractivity contribution >= 4 is 23.3 Å². The number of hydrogen-bond acceptors (Lipinski definition) is 7. The minimum Gasteiger partial charge on any atom is -0.435 e. The molecular weight excluding hydrogens is 538 g/mol. The molecule has 0 unspecified atom stereocenters. The first-order chi connectivity index (χ1) is 20.2. The summed E-state index contributed by atoms with van der Waals surface area (Å²) in [6, 6.07) is 10.3. The number of hydrogen-bond donors (Lipinski definition) is 1. The second-order valence-corrected chi connectivity index (χ2v) is 11.1. The Morgan fingerprint density at radius 3 is 2.48 bits per heavy atom. The minimum absolute atomic E-state index is 0.0350. The number of H-pyrrole nitrogens is 1. The molecule has 6 rings (SSSR count). The number of piperidine rings is 1. The van der Waals surface area contributed by atoms with Crippen molar-refractivity contribution in [2.24, 2.45) is 0 Å². The summed E-state index contributed by atoms with van der Waals surface area (Å²) in [4.78, 5) is 36.4. The molecule has 1 saturated heterocycles. The van der Waals surface area contributed by atoms with Crippen LogP contribution in [0.3, 0.4) is 0 Å². The maximum Gasteiger partial charge on any atom is 0.387 e. The molecule has 1 aliphatic heterocycles. The molecule has 1 aromatic carbocycles. The van der Waals surface area contributed by atoms with E-state index >= 15 is 0 Å². The Bertz CT molecular complexity index is 1640. The van der Waals surface area contributed by atoms with Crippen LogP contribution in [0.25, 0.3) is 22.9 Å². The van der Waals surface area contributed by atoms with Gasteiger partial charge in [0.2, 0.25) is 0 Å². The van der Waals surface area contributed by atoms with E-state index in [-0.39, 0.29) is 16.9 Å². The van der Waals surface area contributed by atoms with Crippen molar-refractivity contribution in [3.63, 3.8) is 0 Å². The molecule has 1 fully saturated rings. The van der Waals surface area contributed by atoms with Crippen LogP contribution >= 0.6 is 0 Å². The van der Waals surface area contributed by atoms with Crippen LogP contribution in [0.1, 0.15) is 71.9 Å². The lowest BCUT2D eigenvalue weighted by molar-refractivity contribution is -0.0498. The molecule has 4 heterocycles. The third-order valence-corrected chi connectivity index (χ3v) is 8.34. The molecule has 0 radical (unpaired) electrons. The number of ketones is 1. The number of aryl methyl sites for hydroxylation is 1. The lowest BCUT2D eigenvalue weighted by Gasteiger charge is -2.39. The summed E-state index contributed by atoms with van der Waals surface area (Å²) >= 11 is 0. The van der Waals surface area contributed by atoms with Crippen molar-refractivity contribution in [3.05, 3.63) is 83.0 Å². The van der Waals surface area contributed by atoms with E-state index in [1.807, 2.05) is 19.9 Å². The number of anilines is 1. The standard InChI is InChI=1S/C32H32F2N6O2/c1-4-27(41)25-10-7-21(17-35-25)22-15-24-26(16-22)36-18-37-29(24)40-13-11-32(3,12-14-40)30-38-19(2)28(39-30)20-5-8-23(9-6-20)42-31(33)34/h5-10,15,17-18,31H,4,11-14,16H2,1-3H3,(H,38,39). The number of nitrogens with zero attached hydrogens (tertiary/aromatic N) is 5. The molecule has 0 amide bonds. The lowest BCUT2D eigenvalue weighted by Crippen LogP contribution is -2.42. The van der Waals surface area contributed by atoms with Crippen molar-refractivity contribution in [2.75, 3.05) is 18.0 Å². The highest BCUT2D eigenvalue weighted by Gasteiger charge is 2.36. The second kappa shape index (κ2) is 11.1. The number of nitrogens with one attached hydrogen (secondary N) is 1. The first kappa shape index (κ1) is 27.7. The van der Waals surface area contributed by atoms with E-state index in [0.717, 1.165) is 76.9 Å². The summed E-state index contributed by atoms with van der Waals surface area (Å²) in [5.74, 6) is 2.02. The number of alkyl halides is 2. The van der Waals surface area contributed by atoms with Crippen LogP contribution in [0.5, 0.6) is 5.75 Å². The molecule has 1 aliphatic carbocycles. The average Bonchev–Trinajstić information content (AvgIpc) is 3.62. The third kappa shape index (κ3) is 5.29. The lowest BCUT2D eigenvalue weighted by atomic mass is 9.79. The fraction of sp³-hybridized carbons (Fsp3) is 0.344. The Balaban J connectivity index is 1.17. The van der Waals surface area contributed by atoms with Crippen molar-refractivity contribution in [3.8, 4) is 17.0 Å². The molecule has 1 N–H and O–H groups in total. The summed E-state index contributed by atoms with van der Waals surface area (Å²) in [6.07, 6.45) is 8.45. The zero-order valence-electron chi connectivity index (χ0n) is 23.8. The molecule has 0 atom stereocenters. The molecule has 3 aromatic heterocycles. The van der Waals surface area contributed by atoms with Crippen LogP contribution in [0.2, 0.25) is 0 Å². The number of fused-ring (bicyclic) bond motifs is 1. The van der Waals surface area contributed by atoms with Crippen molar-refractivity contribution in [2.45, 2.75) is 58.5 Å². The molecule has 8 nitrogen and oxygen atoms in total. The largest absolute Gasteiger partial charge is 0.435 e. The minimum atomic E-state index is -2.85. The third-order valence-electron chi connectivity index (χ3n) is 8.34. The smallest absolute Gasteiger partial charge is 0.387 e. The van der Waals surface area contributed by atoms with Crippen molar-refractivity contribution in [1.29, 1.82) is 0 Å². The van der Waals surface area contributed by atoms with Crippen molar-refractivity contribution in [1.82, 2.24) is 24.9 Å². The summed E-state index contributed by atoms with van der Waals surface area (Å²) in [5, 5.41) is 0. The number of pyridine rings is 1. The number of benzene rings is 1. The number of halogens is 2. The highest BCUT2D eigenvalue weighted by Crippen LogP contribution is 2.40. The van der Waals surface area contributed by atoms with E-state index in [1.165, 1.54) is 12.1 Å². The molecule has 0 spiro atoms. The van der Waals surface area contributed by atoms with Gasteiger partial charge in [0, 0.05) is 54.4 Å². The molecule has 0 saturated carbocycles. The molecule has 0 bridgehead atoms. The fourth-order valence-corrected chi connectivity index (χ4v) is 5.75. The first-order valence-corrected chi connectivity index (χ1v) is 14.2. The summed E-state index contributed by atoms with van der Waals surface area (Å²) in [6.45, 7) is 4.82. The number of imidazole rings is 1. The number of allylic oxidation sites excluding steroid dienone is 1. The van der Waals surface area contributed by atoms with Gasteiger partial charge in [0.05, 0.1) is 11.4 Å². The number of aromatic nitrogens is 5. The van der Waals surface area contributed by atoms with Gasteiger partial charge in [-0.2, -0.15) is 8.78 Å². The van der Waals surface area contributed by atoms with Gasteiger partial charge in [-0.3, -0.25) is 9.78 Å². The van der Waals surface area contributed by atoms with E-state index < -0.39 is 6.61 Å². The van der Waals surface area contributed by atoms with Crippen molar-refractivity contribution < 1.29 is 18.3 Å². The zero-order valence-corrected chi connectivity index (χ0v) is 23.8. The first-order valence-electron chi connectivity index (χ1n) is 14.2. The number of rotatable bonds is 8. The molecule has 10 heteroatoms. The number of Topliss-reactive ketones (excluding diaryl/α,β-unsaturated/α-hetero) is 1. The summed E-state index contributed by atoms with van der Waals surface area (Å²) in [7, 11) is 0. The van der Waals surface area contributed by atoms with E-state index in [0.29, 0.717) is 18.5 Å². The Kier molecular flexibility index (Phi) is 7.30. The van der Waals surface area contributed by atoms with Gasteiger partial charge in [0.15, 0.2) is 5.78 Å². The Morgan fingerprint density at radius 1 is 1.07 bits per heavy atom. The Morgan fingerprint density at radius 2 is 1.81 bits per heavy atom. The number of carbonyl (C=O) groups is 1.